The Morgan fingerprint density at radius 1 is 0.800 bits per heavy atom. The third-order valence-electron chi connectivity index (χ3n) is 4.86. The van der Waals surface area contributed by atoms with Gasteiger partial charge >= 0.3 is 5.97 Å². The van der Waals surface area contributed by atoms with E-state index in [0.29, 0.717) is 27.8 Å². The molecule has 0 aromatic heterocycles. The minimum Gasteiger partial charge on any atom is -0.497 e. The van der Waals surface area contributed by atoms with Gasteiger partial charge in [0.15, 0.2) is 6.61 Å². The Balaban J connectivity index is 1.61. The normalized spacial score (nSPS) is 10.3. The first-order valence-electron chi connectivity index (χ1n) is 10.5. The molecule has 3 aromatic rings. The highest BCUT2D eigenvalue weighted by Crippen LogP contribution is 2.26. The number of ketones is 1. The van der Waals surface area contributed by atoms with Gasteiger partial charge in [-0.3, -0.25) is 9.59 Å². The standard InChI is InChI=1S/C26H25NO7S/c1-31-18-8-6-7-17(13-18)27-25(29)16-35-24-10-5-4-9-20(24)26(30)34-15-22(28)21-14-19(32-2)11-12-23(21)33-3/h4-14H,15-16H2,1-3H3,(H,27,29). The molecule has 0 fully saturated rings. The van der Waals surface area contributed by atoms with Crippen LogP contribution in [-0.2, 0) is 9.53 Å². The quantitative estimate of drug-likeness (QED) is 0.236. The van der Waals surface area contributed by atoms with Gasteiger partial charge in [0.05, 0.1) is 38.2 Å². The molecule has 0 aliphatic rings. The topological polar surface area (TPSA) is 100 Å². The van der Waals surface area contributed by atoms with Crippen LogP contribution in [0.15, 0.2) is 71.6 Å². The first-order valence-corrected chi connectivity index (χ1v) is 11.5. The van der Waals surface area contributed by atoms with E-state index in [-0.39, 0.29) is 22.8 Å². The Hall–Kier alpha value is -3.98. The number of anilines is 1. The fraction of sp³-hybridized carbons (Fsp3) is 0.192. The van der Waals surface area contributed by atoms with Crippen LogP contribution in [0.1, 0.15) is 20.7 Å². The van der Waals surface area contributed by atoms with E-state index in [9.17, 15) is 14.4 Å². The highest BCUT2D eigenvalue weighted by Gasteiger charge is 2.19. The number of amides is 1. The molecular formula is C26H25NO7S. The largest absolute Gasteiger partial charge is 0.497 e. The molecule has 0 spiro atoms. The van der Waals surface area contributed by atoms with E-state index in [0.717, 1.165) is 0 Å². The van der Waals surface area contributed by atoms with Crippen LogP contribution in [0.3, 0.4) is 0 Å². The molecule has 0 heterocycles. The molecule has 35 heavy (non-hydrogen) atoms. The van der Waals surface area contributed by atoms with E-state index < -0.39 is 18.4 Å². The second-order valence-electron chi connectivity index (χ2n) is 7.13. The van der Waals surface area contributed by atoms with E-state index >= 15 is 0 Å². The average Bonchev–Trinajstić information content (AvgIpc) is 2.90. The maximum Gasteiger partial charge on any atom is 0.339 e. The summed E-state index contributed by atoms with van der Waals surface area (Å²) in [6, 6.07) is 18.6. The number of ether oxygens (including phenoxy) is 4. The average molecular weight is 496 g/mol. The maximum absolute atomic E-state index is 12.7. The van der Waals surface area contributed by atoms with Crippen molar-refractivity contribution in [2.24, 2.45) is 0 Å². The third-order valence-corrected chi connectivity index (χ3v) is 5.93. The molecule has 0 atom stereocenters. The zero-order valence-corrected chi connectivity index (χ0v) is 20.3. The molecule has 0 saturated carbocycles. The van der Waals surface area contributed by atoms with Crippen molar-refractivity contribution in [1.29, 1.82) is 0 Å². The van der Waals surface area contributed by atoms with Gasteiger partial charge in [0, 0.05) is 16.6 Å². The minimum atomic E-state index is -0.670. The van der Waals surface area contributed by atoms with Gasteiger partial charge in [0.2, 0.25) is 11.7 Å². The van der Waals surface area contributed by atoms with Crippen LogP contribution in [0.5, 0.6) is 17.2 Å². The first kappa shape index (κ1) is 25.6. The van der Waals surface area contributed by atoms with E-state index in [2.05, 4.69) is 5.32 Å². The van der Waals surface area contributed by atoms with E-state index in [1.165, 1.54) is 32.0 Å². The number of esters is 1. The van der Waals surface area contributed by atoms with Crippen molar-refractivity contribution in [2.45, 2.75) is 4.90 Å². The van der Waals surface area contributed by atoms with Crippen LogP contribution >= 0.6 is 11.8 Å². The lowest BCUT2D eigenvalue weighted by molar-refractivity contribution is -0.113. The van der Waals surface area contributed by atoms with Gasteiger partial charge in [-0.05, 0) is 42.5 Å². The van der Waals surface area contributed by atoms with Crippen molar-refractivity contribution in [2.75, 3.05) is 39.0 Å². The summed E-state index contributed by atoms with van der Waals surface area (Å²) in [5, 5.41) is 2.79. The molecule has 1 amide bonds. The van der Waals surface area contributed by atoms with Crippen LogP contribution in [0, 0.1) is 0 Å². The zero-order chi connectivity index (χ0) is 25.2. The van der Waals surface area contributed by atoms with Crippen molar-refractivity contribution in [3.8, 4) is 17.2 Å². The summed E-state index contributed by atoms with van der Waals surface area (Å²) in [6.07, 6.45) is 0. The molecule has 0 unspecified atom stereocenters. The van der Waals surface area contributed by atoms with Crippen LogP contribution in [0.2, 0.25) is 0 Å². The first-order chi connectivity index (χ1) is 16.9. The van der Waals surface area contributed by atoms with Crippen molar-refractivity contribution in [1.82, 2.24) is 0 Å². The Labute approximate surface area is 207 Å². The van der Waals surface area contributed by atoms with Crippen LogP contribution in [0.4, 0.5) is 5.69 Å². The number of thioether (sulfide) groups is 1. The summed E-state index contributed by atoms with van der Waals surface area (Å²) in [5.74, 6) is 0.186. The molecule has 3 rings (SSSR count). The third kappa shape index (κ3) is 7.00. The SMILES string of the molecule is COc1cccc(NC(=O)CSc2ccccc2C(=O)OCC(=O)c2cc(OC)ccc2OC)c1. The lowest BCUT2D eigenvalue weighted by Crippen LogP contribution is -2.16. The second-order valence-corrected chi connectivity index (χ2v) is 8.15. The Morgan fingerprint density at radius 2 is 1.54 bits per heavy atom. The monoisotopic (exact) mass is 495 g/mol. The number of rotatable bonds is 11. The highest BCUT2D eigenvalue weighted by molar-refractivity contribution is 8.00. The zero-order valence-electron chi connectivity index (χ0n) is 19.5. The molecule has 0 saturated heterocycles. The fourth-order valence-corrected chi connectivity index (χ4v) is 3.96. The summed E-state index contributed by atoms with van der Waals surface area (Å²) in [7, 11) is 4.48. The molecule has 3 aromatic carbocycles. The predicted molar refractivity (Wildman–Crippen MR) is 133 cm³/mol. The van der Waals surface area contributed by atoms with Crippen molar-refractivity contribution in [3.05, 3.63) is 77.9 Å². The number of hydrogen-bond donors (Lipinski definition) is 1. The highest BCUT2D eigenvalue weighted by atomic mass is 32.2. The van der Waals surface area contributed by atoms with E-state index in [1.54, 1.807) is 67.8 Å². The molecule has 1 N–H and O–H groups in total. The van der Waals surface area contributed by atoms with Gasteiger partial charge in [-0.2, -0.15) is 0 Å². The Bertz CT molecular complexity index is 1210. The van der Waals surface area contributed by atoms with Gasteiger partial charge in [0.25, 0.3) is 0 Å². The number of benzene rings is 3. The number of carbonyl (C=O) groups is 3. The molecule has 0 radical (unpaired) electrons. The molecule has 0 aliphatic carbocycles. The van der Waals surface area contributed by atoms with Crippen molar-refractivity contribution in [3.63, 3.8) is 0 Å². The number of hydrogen-bond acceptors (Lipinski definition) is 8. The van der Waals surface area contributed by atoms with E-state index in [4.69, 9.17) is 18.9 Å². The van der Waals surface area contributed by atoms with E-state index in [1.807, 2.05) is 0 Å². The van der Waals surface area contributed by atoms with Gasteiger partial charge < -0.3 is 24.3 Å². The minimum absolute atomic E-state index is 0.0709. The summed E-state index contributed by atoms with van der Waals surface area (Å²) < 4.78 is 20.8. The summed E-state index contributed by atoms with van der Waals surface area (Å²) in [5.41, 5.74) is 1.11. The van der Waals surface area contributed by atoms with Crippen molar-refractivity contribution < 1.29 is 33.3 Å². The Kier molecular flexibility index (Phi) is 9.14. The Morgan fingerprint density at radius 3 is 2.29 bits per heavy atom. The lowest BCUT2D eigenvalue weighted by Gasteiger charge is -2.11. The second kappa shape index (κ2) is 12.5. The number of Topliss-reactive ketones (excluding diaryl/α,β-unsaturated/α-hetero) is 1. The van der Waals surface area contributed by atoms with Crippen molar-refractivity contribution >= 4 is 35.1 Å². The number of carbonyl (C=O) groups excluding carboxylic acids is 3. The lowest BCUT2D eigenvalue weighted by atomic mass is 10.1. The predicted octanol–water partition coefficient (Wildman–Crippen LogP) is 4.48. The van der Waals surface area contributed by atoms with Gasteiger partial charge in [-0.25, -0.2) is 4.79 Å². The molecule has 0 aliphatic heterocycles. The molecule has 0 bridgehead atoms. The fourth-order valence-electron chi connectivity index (χ4n) is 3.12. The number of nitrogens with one attached hydrogen (secondary N) is 1. The summed E-state index contributed by atoms with van der Waals surface area (Å²) >= 11 is 1.19. The number of methoxy groups -OCH3 is 3. The van der Waals surface area contributed by atoms with Crippen LogP contribution in [-0.4, -0.2) is 51.3 Å². The maximum atomic E-state index is 12.7. The molecule has 9 heteroatoms. The molecule has 8 nitrogen and oxygen atoms in total. The van der Waals surface area contributed by atoms with Gasteiger partial charge in [-0.15, -0.1) is 11.8 Å². The summed E-state index contributed by atoms with van der Waals surface area (Å²) in [4.78, 5) is 38.4. The van der Waals surface area contributed by atoms with Crippen LogP contribution < -0.4 is 19.5 Å². The molecular weight excluding hydrogens is 470 g/mol. The van der Waals surface area contributed by atoms with Crippen LogP contribution in [0.25, 0.3) is 0 Å². The smallest absolute Gasteiger partial charge is 0.339 e. The molecule has 182 valence electrons. The summed E-state index contributed by atoms with van der Waals surface area (Å²) in [6.45, 7) is -0.475. The van der Waals surface area contributed by atoms with Gasteiger partial charge in [0.1, 0.15) is 17.2 Å². The van der Waals surface area contributed by atoms with Gasteiger partial charge in [-0.1, -0.05) is 18.2 Å².